The highest BCUT2D eigenvalue weighted by Gasteiger charge is 2.35. The zero-order chi connectivity index (χ0) is 14.6. The lowest BCUT2D eigenvalue weighted by Gasteiger charge is -2.32. The van der Waals surface area contributed by atoms with Gasteiger partial charge in [0.15, 0.2) is 0 Å². The van der Waals surface area contributed by atoms with Crippen LogP contribution in [-0.4, -0.2) is 21.9 Å². The molecule has 1 fully saturated rings. The Morgan fingerprint density at radius 2 is 2.00 bits per heavy atom. The molecule has 0 unspecified atom stereocenters. The second-order valence-electron chi connectivity index (χ2n) is 4.93. The zero-order valence-electron chi connectivity index (χ0n) is 10.9. The maximum atomic E-state index is 12.1. The van der Waals surface area contributed by atoms with E-state index in [-0.39, 0.29) is 11.9 Å². The average Bonchev–Trinajstić information content (AvgIpc) is 2.92. The van der Waals surface area contributed by atoms with Crippen LogP contribution in [0.1, 0.15) is 41.8 Å². The van der Waals surface area contributed by atoms with Gasteiger partial charge in [0, 0.05) is 6.04 Å². The van der Waals surface area contributed by atoms with Crippen LogP contribution < -0.4 is 10.6 Å². The third kappa shape index (κ3) is 4.78. The van der Waals surface area contributed by atoms with Gasteiger partial charge in [-0.05, 0) is 24.3 Å². The summed E-state index contributed by atoms with van der Waals surface area (Å²) in [7, 11) is 0. The van der Waals surface area contributed by atoms with Gasteiger partial charge in [-0.2, -0.15) is 0 Å². The standard InChI is InChI=1S/C13H17Cl3N2OS/c14-13(15,16)12(17-9-5-2-1-3-6-9)18-11(19)10-7-4-8-20-10/h4,7-9,12,17H,1-3,5-6H2,(H,18,19)/t12-/m0/s1. The summed E-state index contributed by atoms with van der Waals surface area (Å²) in [5.74, 6) is -0.223. The molecule has 0 saturated heterocycles. The lowest BCUT2D eigenvalue weighted by molar-refractivity contribution is 0.0928. The number of hydrogen-bond acceptors (Lipinski definition) is 3. The highest BCUT2D eigenvalue weighted by atomic mass is 35.6. The van der Waals surface area contributed by atoms with E-state index in [9.17, 15) is 4.79 Å². The Hall–Kier alpha value is -0.000000000000000139. The molecule has 1 aromatic rings. The van der Waals surface area contributed by atoms with E-state index in [4.69, 9.17) is 34.8 Å². The van der Waals surface area contributed by atoms with Gasteiger partial charge < -0.3 is 5.32 Å². The highest BCUT2D eigenvalue weighted by Crippen LogP contribution is 2.31. The monoisotopic (exact) mass is 354 g/mol. The van der Waals surface area contributed by atoms with Crippen molar-refractivity contribution in [2.75, 3.05) is 0 Å². The van der Waals surface area contributed by atoms with Gasteiger partial charge in [0.2, 0.25) is 3.79 Å². The Kier molecular flexibility index (Phi) is 5.99. The molecule has 1 saturated carbocycles. The smallest absolute Gasteiger partial charge is 0.262 e. The number of carbonyl (C=O) groups excluding carboxylic acids is 1. The van der Waals surface area contributed by atoms with Gasteiger partial charge in [0.25, 0.3) is 5.91 Å². The highest BCUT2D eigenvalue weighted by molar-refractivity contribution is 7.12. The van der Waals surface area contributed by atoms with Crippen molar-refractivity contribution in [3.8, 4) is 0 Å². The van der Waals surface area contributed by atoms with Crippen molar-refractivity contribution in [1.29, 1.82) is 0 Å². The summed E-state index contributed by atoms with van der Waals surface area (Å²) in [6.45, 7) is 0. The molecule has 0 aromatic carbocycles. The van der Waals surface area contributed by atoms with Crippen molar-refractivity contribution >= 4 is 52.0 Å². The molecule has 7 heteroatoms. The van der Waals surface area contributed by atoms with E-state index in [0.29, 0.717) is 4.88 Å². The number of thiophene rings is 1. The van der Waals surface area contributed by atoms with Gasteiger partial charge in [-0.15, -0.1) is 11.3 Å². The topological polar surface area (TPSA) is 41.1 Å². The minimum atomic E-state index is -1.58. The molecule has 0 bridgehead atoms. The van der Waals surface area contributed by atoms with Gasteiger partial charge >= 0.3 is 0 Å². The summed E-state index contributed by atoms with van der Waals surface area (Å²) in [6, 6.07) is 3.85. The Morgan fingerprint density at radius 1 is 1.30 bits per heavy atom. The van der Waals surface area contributed by atoms with Gasteiger partial charge in [0.1, 0.15) is 6.17 Å². The Labute approximate surface area is 138 Å². The maximum Gasteiger partial charge on any atom is 0.262 e. The second kappa shape index (κ2) is 7.32. The lowest BCUT2D eigenvalue weighted by atomic mass is 9.95. The molecule has 1 aliphatic carbocycles. The summed E-state index contributed by atoms with van der Waals surface area (Å²) in [4.78, 5) is 12.7. The van der Waals surface area contributed by atoms with Crippen molar-refractivity contribution in [3.63, 3.8) is 0 Å². The summed E-state index contributed by atoms with van der Waals surface area (Å²) in [5.41, 5.74) is 0. The van der Waals surface area contributed by atoms with Crippen LogP contribution in [0.25, 0.3) is 0 Å². The van der Waals surface area contributed by atoms with Crippen LogP contribution in [0.4, 0.5) is 0 Å². The average molecular weight is 356 g/mol. The largest absolute Gasteiger partial charge is 0.332 e. The molecule has 1 atom stereocenters. The minimum absolute atomic E-state index is 0.223. The van der Waals surface area contributed by atoms with Crippen LogP contribution in [0.2, 0.25) is 0 Å². The van der Waals surface area contributed by atoms with Crippen LogP contribution in [0.15, 0.2) is 17.5 Å². The molecule has 2 rings (SSSR count). The van der Waals surface area contributed by atoms with Crippen LogP contribution >= 0.6 is 46.1 Å². The molecule has 20 heavy (non-hydrogen) atoms. The number of halogens is 3. The second-order valence-corrected chi connectivity index (χ2v) is 8.24. The Balaban J connectivity index is 1.98. The normalized spacial score (nSPS) is 18.8. The van der Waals surface area contributed by atoms with E-state index in [1.165, 1.54) is 30.6 Å². The molecular weight excluding hydrogens is 339 g/mol. The molecule has 1 aromatic heterocycles. The van der Waals surface area contributed by atoms with Crippen molar-refractivity contribution in [2.45, 2.75) is 48.1 Å². The lowest BCUT2D eigenvalue weighted by Crippen LogP contribution is -2.56. The fourth-order valence-corrected chi connectivity index (χ4v) is 3.31. The maximum absolute atomic E-state index is 12.1. The molecule has 0 spiro atoms. The molecule has 1 aliphatic rings. The van der Waals surface area contributed by atoms with Crippen LogP contribution in [0.3, 0.4) is 0 Å². The van der Waals surface area contributed by atoms with Crippen LogP contribution in [-0.2, 0) is 0 Å². The van der Waals surface area contributed by atoms with Crippen LogP contribution in [0.5, 0.6) is 0 Å². The van der Waals surface area contributed by atoms with Crippen molar-refractivity contribution < 1.29 is 4.79 Å². The van der Waals surface area contributed by atoms with E-state index < -0.39 is 9.96 Å². The number of rotatable bonds is 4. The molecule has 1 heterocycles. The number of hydrogen-bond donors (Lipinski definition) is 2. The molecule has 3 nitrogen and oxygen atoms in total. The first-order valence-electron chi connectivity index (χ1n) is 6.64. The molecule has 112 valence electrons. The Bertz CT molecular complexity index is 427. The van der Waals surface area contributed by atoms with E-state index in [2.05, 4.69) is 10.6 Å². The fraction of sp³-hybridized carbons (Fsp3) is 0.615. The Morgan fingerprint density at radius 3 is 2.55 bits per heavy atom. The summed E-state index contributed by atoms with van der Waals surface area (Å²) < 4.78 is -1.58. The predicted octanol–water partition coefficient (Wildman–Crippen LogP) is 4.10. The van der Waals surface area contributed by atoms with Crippen molar-refractivity contribution in [2.24, 2.45) is 0 Å². The van der Waals surface area contributed by atoms with Crippen LogP contribution in [0, 0.1) is 0 Å². The first kappa shape index (κ1) is 16.4. The van der Waals surface area contributed by atoms with E-state index in [0.717, 1.165) is 12.8 Å². The van der Waals surface area contributed by atoms with Gasteiger partial charge in [-0.3, -0.25) is 10.1 Å². The van der Waals surface area contributed by atoms with E-state index in [1.54, 1.807) is 6.07 Å². The van der Waals surface area contributed by atoms with Gasteiger partial charge in [-0.1, -0.05) is 60.1 Å². The molecule has 0 radical (unpaired) electrons. The third-order valence-electron chi connectivity index (χ3n) is 3.36. The zero-order valence-corrected chi connectivity index (χ0v) is 14.0. The summed E-state index contributed by atoms with van der Waals surface area (Å²) in [6.07, 6.45) is 4.99. The third-order valence-corrected chi connectivity index (χ3v) is 4.88. The first-order valence-corrected chi connectivity index (χ1v) is 8.65. The number of nitrogens with one attached hydrogen (secondary N) is 2. The van der Waals surface area contributed by atoms with E-state index >= 15 is 0 Å². The van der Waals surface area contributed by atoms with Gasteiger partial charge in [-0.25, -0.2) is 0 Å². The van der Waals surface area contributed by atoms with Gasteiger partial charge in [0.05, 0.1) is 4.88 Å². The number of carbonyl (C=O) groups is 1. The fourth-order valence-electron chi connectivity index (χ4n) is 2.33. The van der Waals surface area contributed by atoms with Crippen molar-refractivity contribution in [3.05, 3.63) is 22.4 Å². The SMILES string of the molecule is O=C(N[C@H](NC1CCCCC1)C(Cl)(Cl)Cl)c1cccs1. The number of alkyl halides is 3. The minimum Gasteiger partial charge on any atom is -0.332 e. The van der Waals surface area contributed by atoms with Crippen molar-refractivity contribution in [1.82, 2.24) is 10.6 Å². The summed E-state index contributed by atoms with van der Waals surface area (Å²) >= 11 is 19.3. The first-order chi connectivity index (χ1) is 9.47. The molecule has 1 amide bonds. The molecule has 0 aliphatic heterocycles. The number of amides is 1. The quantitative estimate of drug-likeness (QED) is 0.631. The molecule has 2 N–H and O–H groups in total. The predicted molar refractivity (Wildman–Crippen MR) is 85.9 cm³/mol. The summed E-state index contributed by atoms with van der Waals surface area (Å²) in [5, 5.41) is 7.88. The molecular formula is C13H17Cl3N2OS. The van der Waals surface area contributed by atoms with E-state index in [1.807, 2.05) is 11.4 Å².